The van der Waals surface area contributed by atoms with Gasteiger partial charge in [-0.05, 0) is 25.5 Å². The van der Waals surface area contributed by atoms with Crippen LogP contribution in [-0.2, 0) is 0 Å². The number of anilines is 2. The van der Waals surface area contributed by atoms with Crippen molar-refractivity contribution >= 4 is 23.1 Å². The third kappa shape index (κ3) is 2.86. The number of nitrogens with zero attached hydrogens (tertiary/aromatic N) is 1. The van der Waals surface area contributed by atoms with Crippen molar-refractivity contribution < 1.29 is 4.74 Å². The van der Waals surface area contributed by atoms with Gasteiger partial charge in [0.1, 0.15) is 5.75 Å². The van der Waals surface area contributed by atoms with Crippen LogP contribution in [0.25, 0.3) is 0 Å². The highest BCUT2D eigenvalue weighted by atomic mass is 32.2. The highest BCUT2D eigenvalue weighted by Gasteiger charge is 2.21. The predicted octanol–water partition coefficient (Wildman–Crippen LogP) is 3.00. The van der Waals surface area contributed by atoms with Gasteiger partial charge in [-0.15, -0.1) is 0 Å². The van der Waals surface area contributed by atoms with Crippen LogP contribution in [0.2, 0.25) is 0 Å². The molecule has 2 rings (SSSR count). The minimum absolute atomic E-state index is 0.535. The molecule has 0 aromatic heterocycles. The van der Waals surface area contributed by atoms with Crippen LogP contribution in [0.4, 0.5) is 11.4 Å². The number of para-hydroxylation sites is 1. The summed E-state index contributed by atoms with van der Waals surface area (Å²) < 4.78 is 5.70. The fraction of sp³-hybridized carbons (Fsp3) is 0.571. The molecule has 1 aliphatic heterocycles. The van der Waals surface area contributed by atoms with E-state index in [1.165, 1.54) is 11.5 Å². The van der Waals surface area contributed by atoms with E-state index in [1.54, 1.807) is 0 Å². The number of ether oxygens (including phenoxy) is 1. The van der Waals surface area contributed by atoms with Crippen LogP contribution in [0.5, 0.6) is 5.75 Å². The molecule has 4 heteroatoms. The predicted molar refractivity (Wildman–Crippen MR) is 80.8 cm³/mol. The number of benzene rings is 1. The van der Waals surface area contributed by atoms with Gasteiger partial charge in [0.05, 0.1) is 18.0 Å². The van der Waals surface area contributed by atoms with Crippen LogP contribution in [0.15, 0.2) is 18.2 Å². The summed E-state index contributed by atoms with van der Waals surface area (Å²) in [6.45, 7) is 6.14. The third-order valence-corrected chi connectivity index (χ3v) is 4.37. The van der Waals surface area contributed by atoms with E-state index >= 15 is 0 Å². The first-order valence-electron chi connectivity index (χ1n) is 6.59. The molecule has 100 valence electrons. The lowest BCUT2D eigenvalue weighted by molar-refractivity contribution is 0.319. The molecular weight excluding hydrogens is 244 g/mol. The summed E-state index contributed by atoms with van der Waals surface area (Å²) in [7, 11) is 0. The Labute approximate surface area is 114 Å². The number of hydrogen-bond acceptors (Lipinski definition) is 4. The molecule has 1 aromatic carbocycles. The molecule has 18 heavy (non-hydrogen) atoms. The molecule has 2 N–H and O–H groups in total. The third-order valence-electron chi connectivity index (χ3n) is 3.18. The van der Waals surface area contributed by atoms with E-state index < -0.39 is 0 Å². The van der Waals surface area contributed by atoms with E-state index in [-0.39, 0.29) is 0 Å². The average Bonchev–Trinajstić information content (AvgIpc) is 2.39. The van der Waals surface area contributed by atoms with Gasteiger partial charge in [0.15, 0.2) is 0 Å². The summed E-state index contributed by atoms with van der Waals surface area (Å²) in [4.78, 5) is 2.39. The normalized spacial score (nSPS) is 19.9. The molecule has 1 fully saturated rings. The van der Waals surface area contributed by atoms with E-state index in [2.05, 4.69) is 24.8 Å². The number of nitrogen functional groups attached to an aromatic ring is 1. The first-order chi connectivity index (χ1) is 8.74. The van der Waals surface area contributed by atoms with E-state index in [4.69, 9.17) is 10.5 Å². The molecule has 1 aromatic rings. The maximum absolute atomic E-state index is 6.24. The Morgan fingerprint density at radius 1 is 1.50 bits per heavy atom. The highest BCUT2D eigenvalue weighted by Crippen LogP contribution is 2.35. The number of hydrogen-bond donors (Lipinski definition) is 1. The molecule has 0 radical (unpaired) electrons. The van der Waals surface area contributed by atoms with Crippen molar-refractivity contribution in [1.82, 2.24) is 0 Å². The Hall–Kier alpha value is -1.03. The second-order valence-electron chi connectivity index (χ2n) is 4.65. The Balaban J connectivity index is 2.21. The highest BCUT2D eigenvalue weighted by molar-refractivity contribution is 7.99. The SMILES string of the molecule is CCCOc1cccc(N2CCSCC2C)c1N. The van der Waals surface area contributed by atoms with E-state index in [1.807, 2.05) is 23.9 Å². The number of rotatable bonds is 4. The molecule has 0 bridgehead atoms. The Bertz CT molecular complexity index is 397. The first-order valence-corrected chi connectivity index (χ1v) is 7.75. The molecule has 3 nitrogen and oxygen atoms in total. The number of nitrogens with two attached hydrogens (primary N) is 1. The molecule has 0 spiro atoms. The van der Waals surface area contributed by atoms with Crippen LogP contribution >= 0.6 is 11.8 Å². The number of thioether (sulfide) groups is 1. The van der Waals surface area contributed by atoms with Crippen molar-refractivity contribution in [2.45, 2.75) is 26.3 Å². The summed E-state index contributed by atoms with van der Waals surface area (Å²) >= 11 is 2.01. The largest absolute Gasteiger partial charge is 0.491 e. The van der Waals surface area contributed by atoms with Crippen LogP contribution in [0, 0.1) is 0 Å². The van der Waals surface area contributed by atoms with Gasteiger partial charge in [0, 0.05) is 24.1 Å². The first kappa shape index (κ1) is 13.4. The monoisotopic (exact) mass is 266 g/mol. The van der Waals surface area contributed by atoms with Gasteiger partial charge in [-0.1, -0.05) is 13.0 Å². The lowest BCUT2D eigenvalue weighted by Gasteiger charge is -2.36. The maximum atomic E-state index is 6.24. The Morgan fingerprint density at radius 2 is 2.33 bits per heavy atom. The molecular formula is C14H22N2OS. The maximum Gasteiger partial charge on any atom is 0.144 e. The van der Waals surface area contributed by atoms with Gasteiger partial charge in [-0.3, -0.25) is 0 Å². The van der Waals surface area contributed by atoms with E-state index in [0.29, 0.717) is 6.04 Å². The molecule has 0 aliphatic carbocycles. The fourth-order valence-electron chi connectivity index (χ4n) is 2.21. The van der Waals surface area contributed by atoms with Gasteiger partial charge in [0.2, 0.25) is 0 Å². The standard InChI is InChI=1S/C14H22N2OS/c1-3-8-17-13-6-4-5-12(14(13)15)16-7-9-18-10-11(16)2/h4-6,11H,3,7-10,15H2,1-2H3. The van der Waals surface area contributed by atoms with Gasteiger partial charge < -0.3 is 15.4 Å². The minimum Gasteiger partial charge on any atom is -0.491 e. The summed E-state index contributed by atoms with van der Waals surface area (Å²) in [5.41, 5.74) is 8.15. The lowest BCUT2D eigenvalue weighted by atomic mass is 10.2. The average molecular weight is 266 g/mol. The quantitative estimate of drug-likeness (QED) is 0.850. The summed E-state index contributed by atoms with van der Waals surface area (Å²) in [6, 6.07) is 6.62. The van der Waals surface area contributed by atoms with Gasteiger partial charge in [-0.25, -0.2) is 0 Å². The lowest BCUT2D eigenvalue weighted by Crippen LogP contribution is -2.40. The molecule has 1 heterocycles. The van der Waals surface area contributed by atoms with Crippen molar-refractivity contribution in [2.75, 3.05) is 35.3 Å². The zero-order valence-electron chi connectivity index (χ0n) is 11.2. The molecule has 1 unspecified atom stereocenters. The second kappa shape index (κ2) is 6.23. The van der Waals surface area contributed by atoms with Crippen LogP contribution in [-0.4, -0.2) is 30.7 Å². The van der Waals surface area contributed by atoms with Gasteiger partial charge in [0.25, 0.3) is 0 Å². The Kier molecular flexibility index (Phi) is 4.64. The summed E-state index contributed by atoms with van der Waals surface area (Å²) in [6.07, 6.45) is 1.00. The van der Waals surface area contributed by atoms with E-state index in [0.717, 1.165) is 36.7 Å². The molecule has 0 saturated carbocycles. The smallest absolute Gasteiger partial charge is 0.144 e. The van der Waals surface area contributed by atoms with Crippen molar-refractivity contribution in [3.8, 4) is 5.75 Å². The molecule has 1 saturated heterocycles. The van der Waals surface area contributed by atoms with Crippen molar-refractivity contribution in [3.63, 3.8) is 0 Å². The van der Waals surface area contributed by atoms with Gasteiger partial charge in [-0.2, -0.15) is 11.8 Å². The zero-order chi connectivity index (χ0) is 13.0. The molecule has 1 aliphatic rings. The Morgan fingerprint density at radius 3 is 3.06 bits per heavy atom. The minimum atomic E-state index is 0.535. The van der Waals surface area contributed by atoms with Crippen molar-refractivity contribution in [1.29, 1.82) is 0 Å². The van der Waals surface area contributed by atoms with Crippen molar-refractivity contribution in [3.05, 3.63) is 18.2 Å². The van der Waals surface area contributed by atoms with Crippen LogP contribution < -0.4 is 15.4 Å². The zero-order valence-corrected chi connectivity index (χ0v) is 12.0. The van der Waals surface area contributed by atoms with Crippen molar-refractivity contribution in [2.24, 2.45) is 0 Å². The summed E-state index contributed by atoms with van der Waals surface area (Å²) in [5.74, 6) is 3.16. The van der Waals surface area contributed by atoms with Gasteiger partial charge >= 0.3 is 0 Å². The molecule has 0 amide bonds. The van der Waals surface area contributed by atoms with Crippen LogP contribution in [0.1, 0.15) is 20.3 Å². The van der Waals surface area contributed by atoms with E-state index in [9.17, 15) is 0 Å². The second-order valence-corrected chi connectivity index (χ2v) is 5.80. The van der Waals surface area contributed by atoms with Crippen LogP contribution in [0.3, 0.4) is 0 Å². The summed E-state index contributed by atoms with van der Waals surface area (Å²) in [5, 5.41) is 0. The molecule has 1 atom stereocenters. The topological polar surface area (TPSA) is 38.5 Å². The fourth-order valence-corrected chi connectivity index (χ4v) is 3.22.